The summed E-state index contributed by atoms with van der Waals surface area (Å²) in [5.41, 5.74) is 15.7. The SMILES string of the molecule is CN=C(C1=C(N)[C@H](C)N(C(=O)c2cccc(OC)c2Cl)CC1)c1cncc(CC(N)=O)c1. The number of pyridine rings is 1. The number of carbonyl (C=O) groups excluding carboxylic acids is 2. The van der Waals surface area contributed by atoms with E-state index in [4.69, 9.17) is 27.8 Å². The summed E-state index contributed by atoms with van der Waals surface area (Å²) >= 11 is 6.36. The van der Waals surface area contributed by atoms with Crippen LogP contribution in [0.5, 0.6) is 5.75 Å². The van der Waals surface area contributed by atoms with Crippen molar-refractivity contribution in [1.29, 1.82) is 0 Å². The number of ether oxygens (including phenoxy) is 1. The molecule has 4 N–H and O–H groups in total. The maximum atomic E-state index is 13.2. The quantitative estimate of drug-likeness (QED) is 0.647. The molecule has 0 spiro atoms. The highest BCUT2D eigenvalue weighted by atomic mass is 35.5. The minimum absolute atomic E-state index is 0.0896. The predicted octanol–water partition coefficient (Wildman–Crippen LogP) is 2.34. The first-order valence-electron chi connectivity index (χ1n) is 10.1. The molecule has 9 heteroatoms. The minimum Gasteiger partial charge on any atom is -0.495 e. The van der Waals surface area contributed by atoms with E-state index in [2.05, 4.69) is 9.98 Å². The average Bonchev–Trinajstić information content (AvgIpc) is 2.77. The molecule has 0 saturated carbocycles. The number of primary amides is 1. The van der Waals surface area contributed by atoms with Gasteiger partial charge in [-0.15, -0.1) is 0 Å². The van der Waals surface area contributed by atoms with Crippen molar-refractivity contribution in [2.45, 2.75) is 25.8 Å². The number of amides is 2. The molecule has 168 valence electrons. The van der Waals surface area contributed by atoms with Crippen molar-refractivity contribution in [3.05, 3.63) is 69.6 Å². The topological polar surface area (TPSA) is 124 Å². The molecule has 0 unspecified atom stereocenters. The molecule has 3 rings (SSSR count). The summed E-state index contributed by atoms with van der Waals surface area (Å²) in [6.45, 7) is 2.31. The summed E-state index contributed by atoms with van der Waals surface area (Å²) in [7, 11) is 3.18. The van der Waals surface area contributed by atoms with Gasteiger partial charge in [-0.2, -0.15) is 0 Å². The minimum atomic E-state index is -0.436. The number of rotatable bonds is 6. The highest BCUT2D eigenvalue weighted by Crippen LogP contribution is 2.31. The second-order valence-electron chi connectivity index (χ2n) is 7.48. The third-order valence-electron chi connectivity index (χ3n) is 5.50. The molecule has 1 aliphatic rings. The smallest absolute Gasteiger partial charge is 0.256 e. The van der Waals surface area contributed by atoms with Gasteiger partial charge in [-0.05, 0) is 37.1 Å². The Kier molecular flexibility index (Phi) is 7.15. The Balaban J connectivity index is 1.91. The lowest BCUT2D eigenvalue weighted by Crippen LogP contribution is -2.46. The van der Waals surface area contributed by atoms with Gasteiger partial charge in [0.25, 0.3) is 5.91 Å². The molecule has 2 aromatic rings. The summed E-state index contributed by atoms with van der Waals surface area (Å²) in [4.78, 5) is 34.8. The van der Waals surface area contributed by atoms with Gasteiger partial charge in [0.15, 0.2) is 0 Å². The van der Waals surface area contributed by atoms with Gasteiger partial charge in [0.1, 0.15) is 5.75 Å². The standard InChI is InChI=1S/C23H26ClN5O3/c1-13-21(26)17(22(27-2)15-9-14(10-19(25)30)11-28-12-15)7-8-29(13)23(31)16-5-4-6-18(32-3)20(16)24/h4-6,9,11-13H,7-8,10,26H2,1-3H3,(H2,25,30)/t13-/m0/s1. The zero-order chi connectivity index (χ0) is 23.4. The van der Waals surface area contributed by atoms with E-state index in [-0.39, 0.29) is 23.4 Å². The van der Waals surface area contributed by atoms with Crippen LogP contribution in [0.2, 0.25) is 5.02 Å². The lowest BCUT2D eigenvalue weighted by molar-refractivity contribution is -0.117. The van der Waals surface area contributed by atoms with Crippen LogP contribution in [-0.2, 0) is 11.2 Å². The van der Waals surface area contributed by atoms with E-state index < -0.39 is 5.91 Å². The summed E-state index contributed by atoms with van der Waals surface area (Å²) in [6, 6.07) is 6.57. The van der Waals surface area contributed by atoms with Crippen LogP contribution in [-0.4, -0.2) is 54.2 Å². The maximum Gasteiger partial charge on any atom is 0.256 e. The Labute approximate surface area is 191 Å². The third-order valence-corrected chi connectivity index (χ3v) is 5.89. The van der Waals surface area contributed by atoms with E-state index in [9.17, 15) is 9.59 Å². The molecule has 1 aliphatic heterocycles. The van der Waals surface area contributed by atoms with Crippen molar-refractivity contribution in [3.8, 4) is 5.75 Å². The summed E-state index contributed by atoms with van der Waals surface area (Å²) in [5, 5.41) is 0.272. The van der Waals surface area contributed by atoms with Crippen molar-refractivity contribution in [3.63, 3.8) is 0 Å². The molecule has 2 amide bonds. The zero-order valence-corrected chi connectivity index (χ0v) is 19.0. The second-order valence-corrected chi connectivity index (χ2v) is 7.86. The first-order valence-corrected chi connectivity index (χ1v) is 10.5. The van der Waals surface area contributed by atoms with E-state index in [1.54, 1.807) is 42.5 Å². The second kappa shape index (κ2) is 9.82. The lowest BCUT2D eigenvalue weighted by Gasteiger charge is -2.36. The zero-order valence-electron chi connectivity index (χ0n) is 18.3. The molecule has 8 nitrogen and oxygen atoms in total. The molecule has 1 aromatic heterocycles. The number of carbonyl (C=O) groups is 2. The Morgan fingerprint density at radius 2 is 2.09 bits per heavy atom. The molecule has 32 heavy (non-hydrogen) atoms. The van der Waals surface area contributed by atoms with Gasteiger partial charge < -0.3 is 21.1 Å². The van der Waals surface area contributed by atoms with Crippen LogP contribution in [0.15, 0.2) is 52.9 Å². The fraction of sp³-hybridized carbons (Fsp3) is 0.304. The number of nitrogens with zero attached hydrogens (tertiary/aromatic N) is 3. The normalized spacial score (nSPS) is 16.8. The molecular formula is C23H26ClN5O3. The van der Waals surface area contributed by atoms with Crippen molar-refractivity contribution >= 4 is 29.1 Å². The van der Waals surface area contributed by atoms with E-state index in [1.165, 1.54) is 7.11 Å². The van der Waals surface area contributed by atoms with Crippen LogP contribution < -0.4 is 16.2 Å². The van der Waals surface area contributed by atoms with E-state index in [1.807, 2.05) is 13.0 Å². The molecule has 1 aromatic carbocycles. The van der Waals surface area contributed by atoms with Crippen LogP contribution in [0.25, 0.3) is 0 Å². The fourth-order valence-electron chi connectivity index (χ4n) is 3.86. The number of aliphatic imine (C=N–C) groups is 1. The van der Waals surface area contributed by atoms with Crippen LogP contribution in [0, 0.1) is 0 Å². The van der Waals surface area contributed by atoms with Crippen molar-refractivity contribution in [2.75, 3.05) is 20.7 Å². The van der Waals surface area contributed by atoms with Crippen LogP contribution in [0.1, 0.15) is 34.8 Å². The summed E-state index contributed by atoms with van der Waals surface area (Å²) in [6.07, 6.45) is 3.87. The van der Waals surface area contributed by atoms with Gasteiger partial charge in [-0.3, -0.25) is 19.6 Å². The Morgan fingerprint density at radius 1 is 1.34 bits per heavy atom. The molecule has 1 atom stereocenters. The van der Waals surface area contributed by atoms with E-state index in [0.717, 1.165) is 11.1 Å². The highest BCUT2D eigenvalue weighted by molar-refractivity contribution is 6.35. The molecule has 0 fully saturated rings. The van der Waals surface area contributed by atoms with Gasteiger partial charge in [-0.1, -0.05) is 17.7 Å². The number of hydrogen-bond donors (Lipinski definition) is 2. The van der Waals surface area contributed by atoms with Crippen LogP contribution in [0.3, 0.4) is 0 Å². The summed E-state index contributed by atoms with van der Waals surface area (Å²) < 4.78 is 5.23. The summed E-state index contributed by atoms with van der Waals surface area (Å²) in [5.74, 6) is -0.215. The largest absolute Gasteiger partial charge is 0.495 e. The number of benzene rings is 1. The van der Waals surface area contributed by atoms with E-state index >= 15 is 0 Å². The predicted molar refractivity (Wildman–Crippen MR) is 124 cm³/mol. The Hall–Kier alpha value is -3.39. The third kappa shape index (κ3) is 4.60. The Morgan fingerprint density at radius 3 is 2.75 bits per heavy atom. The van der Waals surface area contributed by atoms with Gasteiger partial charge in [-0.25, -0.2) is 0 Å². The molecular weight excluding hydrogens is 430 g/mol. The first-order chi connectivity index (χ1) is 15.3. The number of halogens is 1. The number of hydrogen-bond acceptors (Lipinski definition) is 6. The van der Waals surface area contributed by atoms with Crippen LogP contribution in [0.4, 0.5) is 0 Å². The molecule has 0 radical (unpaired) electrons. The molecule has 0 saturated heterocycles. The Bertz CT molecular complexity index is 1110. The molecule has 0 bridgehead atoms. The van der Waals surface area contributed by atoms with Gasteiger partial charge in [0.2, 0.25) is 5.91 Å². The average molecular weight is 456 g/mol. The van der Waals surface area contributed by atoms with Crippen LogP contribution >= 0.6 is 11.6 Å². The number of nitrogens with two attached hydrogens (primary N) is 2. The van der Waals surface area contributed by atoms with Crippen molar-refractivity contribution in [2.24, 2.45) is 16.5 Å². The number of aromatic nitrogens is 1. The van der Waals surface area contributed by atoms with Crippen molar-refractivity contribution < 1.29 is 14.3 Å². The number of methoxy groups -OCH3 is 1. The monoisotopic (exact) mass is 455 g/mol. The maximum absolute atomic E-state index is 13.2. The first kappa shape index (κ1) is 23.3. The highest BCUT2D eigenvalue weighted by Gasteiger charge is 2.32. The van der Waals surface area contributed by atoms with Gasteiger partial charge >= 0.3 is 0 Å². The van der Waals surface area contributed by atoms with Gasteiger partial charge in [0.05, 0.1) is 35.9 Å². The van der Waals surface area contributed by atoms with E-state index in [0.29, 0.717) is 41.3 Å². The molecule has 2 heterocycles. The fourth-order valence-corrected chi connectivity index (χ4v) is 4.15. The van der Waals surface area contributed by atoms with Crippen molar-refractivity contribution in [1.82, 2.24) is 9.88 Å². The molecule has 0 aliphatic carbocycles. The lowest BCUT2D eigenvalue weighted by atomic mass is 9.91. The van der Waals surface area contributed by atoms with Gasteiger partial charge in [0, 0.05) is 42.8 Å².